The van der Waals surface area contributed by atoms with Crippen LogP contribution in [0.2, 0.25) is 10.0 Å². The highest BCUT2D eigenvalue weighted by atomic mass is 35.5. The highest BCUT2D eigenvalue weighted by Gasteiger charge is 2.03. The van der Waals surface area contributed by atoms with Gasteiger partial charge in [0.05, 0.1) is 5.02 Å². The van der Waals surface area contributed by atoms with Gasteiger partial charge in [-0.1, -0.05) is 41.4 Å². The summed E-state index contributed by atoms with van der Waals surface area (Å²) in [6.07, 6.45) is 3.78. The Morgan fingerprint density at radius 1 is 1.29 bits per heavy atom. The summed E-state index contributed by atoms with van der Waals surface area (Å²) in [4.78, 5) is 0. The second-order valence-electron chi connectivity index (χ2n) is 2.52. The monoisotopic (exact) mass is 248 g/mol. The van der Waals surface area contributed by atoms with Crippen LogP contribution in [0.5, 0.6) is 5.75 Å². The minimum absolute atomic E-state index is 0.452. The van der Waals surface area contributed by atoms with Crippen LogP contribution < -0.4 is 4.74 Å². The van der Waals surface area contributed by atoms with E-state index in [1.165, 1.54) is 0 Å². The van der Waals surface area contributed by atoms with Crippen LogP contribution in [-0.2, 0) is 0 Å². The molecule has 0 saturated heterocycles. The maximum Gasteiger partial charge on any atom is 0.139 e. The molecule has 0 saturated carbocycles. The largest absolute Gasteiger partial charge is 0.488 e. The van der Waals surface area contributed by atoms with Crippen molar-refractivity contribution in [3.05, 3.63) is 40.4 Å². The van der Waals surface area contributed by atoms with Crippen molar-refractivity contribution in [2.24, 2.45) is 0 Å². The van der Waals surface area contributed by atoms with E-state index in [4.69, 9.17) is 27.9 Å². The third-order valence-corrected chi connectivity index (χ3v) is 2.54. The molecular formula is C10H10Cl2OS. The highest BCUT2D eigenvalue weighted by molar-refractivity contribution is 7.80. The van der Waals surface area contributed by atoms with E-state index < -0.39 is 0 Å². The van der Waals surface area contributed by atoms with Gasteiger partial charge in [-0.05, 0) is 12.1 Å². The standard InChI is InChI=1S/C10H10Cl2OS/c11-8-4-3-5-9(10(8)12)13-6-1-2-7-14/h1-5,14H,6-7H2. The van der Waals surface area contributed by atoms with Crippen molar-refractivity contribution >= 4 is 35.8 Å². The van der Waals surface area contributed by atoms with Crippen LogP contribution in [0.25, 0.3) is 0 Å². The van der Waals surface area contributed by atoms with Crippen LogP contribution in [0.15, 0.2) is 30.4 Å². The Kier molecular flexibility index (Phi) is 5.23. The van der Waals surface area contributed by atoms with E-state index in [1.54, 1.807) is 18.2 Å². The molecule has 4 heteroatoms. The molecule has 1 rings (SSSR count). The van der Waals surface area contributed by atoms with Gasteiger partial charge in [0.25, 0.3) is 0 Å². The molecule has 0 fully saturated rings. The summed E-state index contributed by atoms with van der Waals surface area (Å²) >= 11 is 15.7. The third-order valence-electron chi connectivity index (χ3n) is 1.52. The maximum absolute atomic E-state index is 5.91. The smallest absolute Gasteiger partial charge is 0.139 e. The molecule has 14 heavy (non-hydrogen) atoms. The van der Waals surface area contributed by atoms with Crippen molar-refractivity contribution < 1.29 is 4.74 Å². The Hall–Kier alpha value is -0.310. The van der Waals surface area contributed by atoms with Crippen LogP contribution in [-0.4, -0.2) is 12.4 Å². The summed E-state index contributed by atoms with van der Waals surface area (Å²) in [5.74, 6) is 1.30. The molecule has 0 spiro atoms. The predicted octanol–water partition coefficient (Wildman–Crippen LogP) is 3.86. The van der Waals surface area contributed by atoms with Crippen LogP contribution in [0.1, 0.15) is 0 Å². The molecule has 1 nitrogen and oxygen atoms in total. The molecule has 0 aromatic heterocycles. The van der Waals surface area contributed by atoms with Gasteiger partial charge in [0, 0.05) is 5.75 Å². The summed E-state index contributed by atoms with van der Waals surface area (Å²) in [7, 11) is 0. The van der Waals surface area contributed by atoms with Gasteiger partial charge in [-0.3, -0.25) is 0 Å². The van der Waals surface area contributed by atoms with Gasteiger partial charge in [-0.2, -0.15) is 12.6 Å². The van der Waals surface area contributed by atoms with Crippen LogP contribution in [0, 0.1) is 0 Å². The predicted molar refractivity (Wildman–Crippen MR) is 65.0 cm³/mol. The molecule has 0 N–H and O–H groups in total. The first-order valence-electron chi connectivity index (χ1n) is 4.08. The average molecular weight is 249 g/mol. The number of halogens is 2. The number of rotatable bonds is 4. The highest BCUT2D eigenvalue weighted by Crippen LogP contribution is 2.31. The van der Waals surface area contributed by atoms with Crippen molar-refractivity contribution in [3.63, 3.8) is 0 Å². The molecule has 0 aliphatic rings. The van der Waals surface area contributed by atoms with Crippen molar-refractivity contribution in [3.8, 4) is 5.75 Å². The first-order valence-corrected chi connectivity index (χ1v) is 5.47. The normalized spacial score (nSPS) is 10.8. The lowest BCUT2D eigenvalue weighted by atomic mass is 10.3. The number of benzene rings is 1. The van der Waals surface area contributed by atoms with Crippen molar-refractivity contribution in [1.29, 1.82) is 0 Å². The van der Waals surface area contributed by atoms with E-state index in [9.17, 15) is 0 Å². The molecule has 0 radical (unpaired) electrons. The lowest BCUT2D eigenvalue weighted by Crippen LogP contribution is -1.94. The Labute approximate surface area is 99.1 Å². The van der Waals surface area contributed by atoms with E-state index in [2.05, 4.69) is 12.6 Å². The van der Waals surface area contributed by atoms with Gasteiger partial charge in [-0.25, -0.2) is 0 Å². The summed E-state index contributed by atoms with van der Waals surface area (Å²) in [6.45, 7) is 0.473. The number of ether oxygens (including phenoxy) is 1. The van der Waals surface area contributed by atoms with Crippen molar-refractivity contribution in [2.75, 3.05) is 12.4 Å². The molecule has 0 bridgehead atoms. The van der Waals surface area contributed by atoms with Crippen molar-refractivity contribution in [2.45, 2.75) is 0 Å². The number of hydrogen-bond acceptors (Lipinski definition) is 2. The minimum atomic E-state index is 0.452. The molecule has 76 valence electrons. The van der Waals surface area contributed by atoms with E-state index in [0.717, 1.165) is 0 Å². The van der Waals surface area contributed by atoms with E-state index in [1.807, 2.05) is 12.2 Å². The molecule has 0 unspecified atom stereocenters. The van der Waals surface area contributed by atoms with Crippen LogP contribution in [0.4, 0.5) is 0 Å². The summed E-state index contributed by atoms with van der Waals surface area (Å²) < 4.78 is 5.38. The molecule has 0 aliphatic carbocycles. The van der Waals surface area contributed by atoms with Gasteiger partial charge < -0.3 is 4.74 Å². The first-order chi connectivity index (χ1) is 6.75. The maximum atomic E-state index is 5.91. The van der Waals surface area contributed by atoms with Gasteiger partial charge in [0.15, 0.2) is 0 Å². The van der Waals surface area contributed by atoms with Crippen molar-refractivity contribution in [1.82, 2.24) is 0 Å². The lowest BCUT2D eigenvalue weighted by molar-refractivity contribution is 0.363. The summed E-state index contributed by atoms with van der Waals surface area (Å²) in [6, 6.07) is 5.30. The molecular weight excluding hydrogens is 239 g/mol. The zero-order chi connectivity index (χ0) is 10.4. The average Bonchev–Trinajstić information content (AvgIpc) is 2.19. The SMILES string of the molecule is SCC=CCOc1cccc(Cl)c1Cl. The van der Waals surface area contributed by atoms with Gasteiger partial charge in [0.1, 0.15) is 17.4 Å². The summed E-state index contributed by atoms with van der Waals surface area (Å²) in [5, 5.41) is 0.954. The zero-order valence-corrected chi connectivity index (χ0v) is 9.82. The summed E-state index contributed by atoms with van der Waals surface area (Å²) in [5.41, 5.74) is 0. The van der Waals surface area contributed by atoms with Crippen LogP contribution in [0.3, 0.4) is 0 Å². The Morgan fingerprint density at radius 3 is 2.79 bits per heavy atom. The number of thiol groups is 1. The fraction of sp³-hybridized carbons (Fsp3) is 0.200. The molecule has 1 aromatic carbocycles. The van der Waals surface area contributed by atoms with E-state index in [-0.39, 0.29) is 0 Å². The first kappa shape index (κ1) is 11.8. The fourth-order valence-electron chi connectivity index (χ4n) is 0.876. The third kappa shape index (κ3) is 3.45. The van der Waals surface area contributed by atoms with E-state index >= 15 is 0 Å². The quantitative estimate of drug-likeness (QED) is 0.629. The Morgan fingerprint density at radius 2 is 2.07 bits per heavy atom. The topological polar surface area (TPSA) is 9.23 Å². The Balaban J connectivity index is 2.59. The Bertz CT molecular complexity index is 326. The van der Waals surface area contributed by atoms with Gasteiger partial charge >= 0.3 is 0 Å². The number of hydrogen-bond donors (Lipinski definition) is 1. The fourth-order valence-corrected chi connectivity index (χ4v) is 1.37. The molecule has 0 atom stereocenters. The van der Waals surface area contributed by atoms with E-state index in [0.29, 0.717) is 28.2 Å². The lowest BCUT2D eigenvalue weighted by Gasteiger charge is -2.05. The molecule has 0 amide bonds. The zero-order valence-electron chi connectivity index (χ0n) is 7.41. The second-order valence-corrected chi connectivity index (χ2v) is 3.67. The van der Waals surface area contributed by atoms with Gasteiger partial charge in [0.2, 0.25) is 0 Å². The minimum Gasteiger partial charge on any atom is -0.488 e. The van der Waals surface area contributed by atoms with Crippen LogP contribution >= 0.6 is 35.8 Å². The molecule has 0 heterocycles. The second kappa shape index (κ2) is 6.23. The molecule has 0 aliphatic heterocycles. The molecule has 1 aromatic rings. The van der Waals surface area contributed by atoms with Gasteiger partial charge in [-0.15, -0.1) is 0 Å².